The first-order valence-electron chi connectivity index (χ1n) is 10.9. The van der Waals surface area contributed by atoms with Crippen LogP contribution in [0, 0.1) is 18.6 Å². The molecule has 1 amide bonds. The predicted molar refractivity (Wildman–Crippen MR) is 140 cm³/mol. The predicted octanol–water partition coefficient (Wildman–Crippen LogP) is 5.87. The van der Waals surface area contributed by atoms with Crippen LogP contribution in [0.15, 0.2) is 72.8 Å². The van der Waals surface area contributed by atoms with Gasteiger partial charge in [-0.15, -0.1) is 5.10 Å². The minimum Gasteiger partial charge on any atom is -0.325 e. The summed E-state index contributed by atoms with van der Waals surface area (Å²) in [6.07, 6.45) is 0. The van der Waals surface area contributed by atoms with E-state index in [0.717, 1.165) is 17.1 Å². The van der Waals surface area contributed by atoms with Gasteiger partial charge in [0.1, 0.15) is 0 Å². The zero-order valence-corrected chi connectivity index (χ0v) is 20.9. The Hall–Kier alpha value is -3.26. The van der Waals surface area contributed by atoms with Crippen molar-refractivity contribution in [2.75, 3.05) is 18.9 Å². The highest BCUT2D eigenvalue weighted by molar-refractivity contribution is 7.71. The number of nitrogens with zero attached hydrogens (tertiary/aromatic N) is 4. The molecule has 0 atom stereocenters. The van der Waals surface area contributed by atoms with Crippen molar-refractivity contribution >= 4 is 35.4 Å². The molecule has 0 unspecified atom stereocenters. The molecule has 4 rings (SSSR count). The molecule has 0 aliphatic carbocycles. The van der Waals surface area contributed by atoms with E-state index in [4.69, 9.17) is 28.9 Å². The highest BCUT2D eigenvalue weighted by Gasteiger charge is 2.16. The Kier molecular flexibility index (Phi) is 7.26. The first-order chi connectivity index (χ1) is 16.3. The lowest BCUT2D eigenvalue weighted by atomic mass is 10.1. The van der Waals surface area contributed by atoms with Crippen molar-refractivity contribution < 1.29 is 4.79 Å². The molecule has 0 aliphatic heterocycles. The fourth-order valence-corrected chi connectivity index (χ4v) is 3.99. The number of carbonyl (C=O) groups excluding carboxylic acids is 1. The maximum absolute atomic E-state index is 12.5. The van der Waals surface area contributed by atoms with Gasteiger partial charge in [-0.1, -0.05) is 59.1 Å². The van der Waals surface area contributed by atoms with Gasteiger partial charge in [-0.05, 0) is 69.5 Å². The van der Waals surface area contributed by atoms with E-state index in [-0.39, 0.29) is 12.5 Å². The van der Waals surface area contributed by atoms with Crippen LogP contribution >= 0.6 is 23.8 Å². The summed E-state index contributed by atoms with van der Waals surface area (Å²) in [5.41, 5.74) is 4.96. The van der Waals surface area contributed by atoms with Crippen molar-refractivity contribution in [3.05, 3.63) is 93.7 Å². The Morgan fingerprint density at radius 2 is 1.56 bits per heavy atom. The summed E-state index contributed by atoms with van der Waals surface area (Å²) in [5, 5.41) is 8.34. The second-order valence-electron chi connectivity index (χ2n) is 8.35. The fraction of sp³-hybridized carbons (Fsp3) is 0.192. The lowest BCUT2D eigenvalue weighted by molar-refractivity contribution is -0.117. The Labute approximate surface area is 209 Å². The molecule has 4 aromatic rings. The normalized spacial score (nSPS) is 11.1. The van der Waals surface area contributed by atoms with Crippen LogP contribution in [0.1, 0.15) is 11.1 Å². The smallest absolute Gasteiger partial charge is 0.238 e. The van der Waals surface area contributed by atoms with Crippen LogP contribution in [0.4, 0.5) is 5.69 Å². The van der Waals surface area contributed by atoms with Gasteiger partial charge in [-0.25, -0.2) is 4.68 Å². The van der Waals surface area contributed by atoms with Crippen molar-refractivity contribution in [3.63, 3.8) is 0 Å². The van der Waals surface area contributed by atoms with Crippen molar-refractivity contribution in [2.24, 2.45) is 0 Å². The summed E-state index contributed by atoms with van der Waals surface area (Å²) < 4.78 is 4.28. The molecule has 1 heterocycles. The summed E-state index contributed by atoms with van der Waals surface area (Å²) >= 11 is 11.7. The molecule has 6 nitrogen and oxygen atoms in total. The Bertz CT molecular complexity index is 1340. The number of likely N-dealkylation sites (N-methyl/N-ethyl adjacent to an activating group) is 1. The van der Waals surface area contributed by atoms with Crippen molar-refractivity contribution in [1.29, 1.82) is 0 Å². The van der Waals surface area contributed by atoms with Crippen molar-refractivity contribution in [3.8, 4) is 17.1 Å². The van der Waals surface area contributed by atoms with Gasteiger partial charge in [-0.2, -0.15) is 0 Å². The van der Waals surface area contributed by atoms with Crippen molar-refractivity contribution in [2.45, 2.75) is 20.5 Å². The molecule has 0 spiro atoms. The lowest BCUT2D eigenvalue weighted by Crippen LogP contribution is -2.32. The largest absolute Gasteiger partial charge is 0.325 e. The van der Waals surface area contributed by atoms with Crippen LogP contribution in [0.25, 0.3) is 17.1 Å². The summed E-state index contributed by atoms with van der Waals surface area (Å²) in [5.74, 6) is 0.626. The topological polar surface area (TPSA) is 55.1 Å². The van der Waals surface area contributed by atoms with E-state index in [1.165, 1.54) is 11.1 Å². The molecule has 34 heavy (non-hydrogen) atoms. The minimum atomic E-state index is -0.131. The number of carbonyl (C=O) groups is 1. The van der Waals surface area contributed by atoms with Crippen LogP contribution in [-0.2, 0) is 11.5 Å². The number of benzene rings is 3. The van der Waals surface area contributed by atoms with Crippen LogP contribution in [-0.4, -0.2) is 38.7 Å². The molecule has 0 fully saturated rings. The quantitative estimate of drug-likeness (QED) is 0.328. The van der Waals surface area contributed by atoms with Crippen LogP contribution in [0.3, 0.4) is 0 Å². The van der Waals surface area contributed by atoms with Gasteiger partial charge in [0.25, 0.3) is 0 Å². The van der Waals surface area contributed by atoms with Gasteiger partial charge in [0.15, 0.2) is 5.82 Å². The molecular formula is C26H26ClN5OS. The van der Waals surface area contributed by atoms with Crippen molar-refractivity contribution in [1.82, 2.24) is 19.2 Å². The van der Waals surface area contributed by atoms with E-state index in [2.05, 4.69) is 43.4 Å². The van der Waals surface area contributed by atoms with Crippen LogP contribution in [0.5, 0.6) is 0 Å². The number of hydrogen-bond acceptors (Lipinski definition) is 4. The molecule has 3 aromatic carbocycles. The number of anilines is 1. The minimum absolute atomic E-state index is 0.131. The summed E-state index contributed by atoms with van der Waals surface area (Å²) in [6, 6.07) is 23.4. The molecule has 0 aliphatic rings. The number of hydrogen-bond donors (Lipinski definition) is 1. The molecule has 0 saturated heterocycles. The number of aryl methyl sites for hydroxylation is 2. The first kappa shape index (κ1) is 23.9. The maximum atomic E-state index is 12.5. The average Bonchev–Trinajstić information content (AvgIpc) is 3.12. The molecule has 174 valence electrons. The Morgan fingerprint density at radius 3 is 2.18 bits per heavy atom. The summed E-state index contributed by atoms with van der Waals surface area (Å²) in [4.78, 5) is 14.4. The third-order valence-corrected chi connectivity index (χ3v) is 6.00. The van der Waals surface area contributed by atoms with Gasteiger partial charge < -0.3 is 5.32 Å². The molecular weight excluding hydrogens is 466 g/mol. The number of halogens is 1. The Balaban J connectivity index is 1.59. The zero-order valence-electron chi connectivity index (χ0n) is 19.3. The van der Waals surface area contributed by atoms with Crippen LogP contribution in [0.2, 0.25) is 5.02 Å². The molecule has 1 aromatic heterocycles. The second kappa shape index (κ2) is 10.3. The van der Waals surface area contributed by atoms with Gasteiger partial charge in [0.2, 0.25) is 10.7 Å². The first-order valence-corrected chi connectivity index (χ1v) is 11.7. The average molecular weight is 492 g/mol. The third kappa shape index (κ3) is 5.62. The maximum Gasteiger partial charge on any atom is 0.238 e. The lowest BCUT2D eigenvalue weighted by Gasteiger charge is -2.16. The van der Waals surface area contributed by atoms with Gasteiger partial charge in [-0.3, -0.25) is 14.3 Å². The summed E-state index contributed by atoms with van der Waals surface area (Å²) in [6.45, 7) is 4.66. The number of aromatic nitrogens is 3. The highest BCUT2D eigenvalue weighted by Crippen LogP contribution is 2.23. The van der Waals surface area contributed by atoms with E-state index in [1.807, 2.05) is 40.8 Å². The zero-order chi connectivity index (χ0) is 24.2. The monoisotopic (exact) mass is 491 g/mol. The molecule has 0 bridgehead atoms. The number of amides is 1. The summed E-state index contributed by atoms with van der Waals surface area (Å²) in [7, 11) is 1.86. The fourth-order valence-electron chi connectivity index (χ4n) is 3.57. The molecule has 0 radical (unpaired) electrons. The van der Waals surface area contributed by atoms with Gasteiger partial charge >= 0.3 is 0 Å². The molecule has 0 saturated carbocycles. The molecule has 1 N–H and O–H groups in total. The third-order valence-electron chi connectivity index (χ3n) is 5.36. The van der Waals surface area contributed by atoms with E-state index in [0.29, 0.717) is 22.1 Å². The van der Waals surface area contributed by atoms with Gasteiger partial charge in [0.05, 0.1) is 13.2 Å². The van der Waals surface area contributed by atoms with E-state index >= 15 is 0 Å². The number of rotatable bonds is 7. The highest BCUT2D eigenvalue weighted by atomic mass is 35.5. The van der Waals surface area contributed by atoms with E-state index in [9.17, 15) is 4.79 Å². The Morgan fingerprint density at radius 1 is 0.971 bits per heavy atom. The number of nitrogens with one attached hydrogen (secondary N) is 1. The second-order valence-corrected chi connectivity index (χ2v) is 9.15. The van der Waals surface area contributed by atoms with Crippen LogP contribution < -0.4 is 5.32 Å². The SMILES string of the molecule is Cc1ccc(-c2nn(CN(C)CC(=O)Nc3ccc(Cl)cc3)c(=S)n2-c2ccc(C)cc2)cc1. The van der Waals surface area contributed by atoms with E-state index in [1.54, 1.807) is 28.9 Å². The van der Waals surface area contributed by atoms with Gasteiger partial charge in [0, 0.05) is 22.0 Å². The van der Waals surface area contributed by atoms with E-state index < -0.39 is 0 Å². The molecule has 8 heteroatoms. The standard InChI is InChI=1S/C26H26ClN5OS/c1-18-4-8-20(9-5-18)25-29-31(26(34)32(25)23-14-6-19(2)7-15-23)17-30(3)16-24(33)28-22-12-10-21(27)11-13-22/h4-15H,16-17H2,1-3H3,(H,28,33).